The average Bonchev–Trinajstić information content (AvgIpc) is 3.11. The van der Waals surface area contributed by atoms with Crippen molar-refractivity contribution in [3.05, 3.63) is 0 Å². The van der Waals surface area contributed by atoms with Crippen LogP contribution in [0.25, 0.3) is 0 Å². The second-order valence-electron chi connectivity index (χ2n) is 7.92. The second kappa shape index (κ2) is 5.98. The van der Waals surface area contributed by atoms with Crippen LogP contribution in [0.2, 0.25) is 0 Å². The number of carbonyl (C=O) groups excluding carboxylic acids is 2. The molecule has 0 aromatic heterocycles. The molecule has 2 aliphatic rings. The van der Waals surface area contributed by atoms with Crippen molar-refractivity contribution in [1.82, 2.24) is 4.90 Å². The summed E-state index contributed by atoms with van der Waals surface area (Å²) >= 11 is 0. The van der Waals surface area contributed by atoms with Gasteiger partial charge in [-0.05, 0) is 57.3 Å². The molecule has 0 aromatic rings. The van der Waals surface area contributed by atoms with Crippen molar-refractivity contribution in [3.63, 3.8) is 0 Å². The third-order valence-corrected chi connectivity index (χ3v) is 4.86. The van der Waals surface area contributed by atoms with Crippen LogP contribution in [0.4, 0.5) is 4.79 Å². The largest absolute Gasteiger partial charge is 0.444 e. The summed E-state index contributed by atoms with van der Waals surface area (Å²) in [5, 5.41) is 0. The van der Waals surface area contributed by atoms with E-state index < -0.39 is 5.60 Å². The van der Waals surface area contributed by atoms with E-state index in [9.17, 15) is 9.59 Å². The lowest BCUT2D eigenvalue weighted by Gasteiger charge is -2.34. The number of nitrogens with zero attached hydrogens (tertiary/aromatic N) is 1. The lowest BCUT2D eigenvalue weighted by molar-refractivity contribution is -0.109. The second-order valence-corrected chi connectivity index (χ2v) is 7.92. The minimum Gasteiger partial charge on any atom is -0.444 e. The van der Waals surface area contributed by atoms with Crippen LogP contribution in [0.1, 0.15) is 47.5 Å². The van der Waals surface area contributed by atoms with E-state index in [0.717, 1.165) is 32.2 Å². The average molecular weight is 295 g/mol. The van der Waals surface area contributed by atoms with Crippen LogP contribution >= 0.6 is 0 Å². The zero-order chi connectivity index (χ0) is 15.8. The van der Waals surface area contributed by atoms with E-state index >= 15 is 0 Å². The van der Waals surface area contributed by atoms with Gasteiger partial charge in [0.15, 0.2) is 0 Å². The van der Waals surface area contributed by atoms with Gasteiger partial charge in [0.1, 0.15) is 11.9 Å². The standard InChI is InChI=1S/C17H29NO3/c1-11(2)14-13(10-19)15(14)12-6-8-18(9-7-12)16(20)21-17(3,4)5/h10-15H,6-9H2,1-5H3/t13-,14+,15-/m0/s1. The fourth-order valence-electron chi connectivity index (χ4n) is 3.88. The summed E-state index contributed by atoms with van der Waals surface area (Å²) < 4.78 is 5.42. The molecule has 1 saturated carbocycles. The summed E-state index contributed by atoms with van der Waals surface area (Å²) in [6, 6.07) is 0. The minimum atomic E-state index is -0.435. The van der Waals surface area contributed by atoms with Gasteiger partial charge < -0.3 is 14.4 Å². The molecule has 1 heterocycles. The van der Waals surface area contributed by atoms with Gasteiger partial charge in [0.25, 0.3) is 0 Å². The first-order valence-corrected chi connectivity index (χ1v) is 8.18. The van der Waals surface area contributed by atoms with E-state index in [1.54, 1.807) is 0 Å². The van der Waals surface area contributed by atoms with Crippen LogP contribution in [-0.2, 0) is 9.53 Å². The summed E-state index contributed by atoms with van der Waals surface area (Å²) in [7, 11) is 0. The van der Waals surface area contributed by atoms with Crippen LogP contribution in [-0.4, -0.2) is 36.0 Å². The zero-order valence-corrected chi connectivity index (χ0v) is 14.0. The number of aldehydes is 1. The van der Waals surface area contributed by atoms with Crippen LogP contribution in [0.15, 0.2) is 0 Å². The maximum Gasteiger partial charge on any atom is 0.410 e. The maximum atomic E-state index is 12.0. The Labute approximate surface area is 128 Å². The summed E-state index contributed by atoms with van der Waals surface area (Å²) in [4.78, 5) is 25.0. The number of hydrogen-bond acceptors (Lipinski definition) is 3. The molecule has 0 radical (unpaired) electrons. The molecule has 3 atom stereocenters. The quantitative estimate of drug-likeness (QED) is 0.750. The Morgan fingerprint density at radius 3 is 2.19 bits per heavy atom. The molecule has 0 spiro atoms. The number of amides is 1. The highest BCUT2D eigenvalue weighted by atomic mass is 16.6. The Kier molecular flexibility index (Phi) is 4.64. The molecule has 0 bridgehead atoms. The van der Waals surface area contributed by atoms with E-state index in [1.165, 1.54) is 0 Å². The lowest BCUT2D eigenvalue weighted by Crippen LogP contribution is -2.42. The van der Waals surface area contributed by atoms with Crippen LogP contribution in [0.3, 0.4) is 0 Å². The highest BCUT2D eigenvalue weighted by molar-refractivity contribution is 5.68. The number of hydrogen-bond donors (Lipinski definition) is 0. The van der Waals surface area contributed by atoms with Crippen molar-refractivity contribution in [2.75, 3.05) is 13.1 Å². The Bertz CT molecular complexity index is 391. The first-order chi connectivity index (χ1) is 9.74. The summed E-state index contributed by atoms with van der Waals surface area (Å²) in [6.07, 6.45) is 2.94. The first kappa shape index (κ1) is 16.3. The number of rotatable bonds is 3. The highest BCUT2D eigenvalue weighted by Gasteiger charge is 2.55. The van der Waals surface area contributed by atoms with Crippen molar-refractivity contribution in [2.45, 2.75) is 53.1 Å². The third-order valence-electron chi connectivity index (χ3n) is 4.86. The molecule has 1 amide bonds. The van der Waals surface area contributed by atoms with E-state index in [1.807, 2.05) is 25.7 Å². The predicted molar refractivity (Wildman–Crippen MR) is 81.9 cm³/mol. The number of carbonyl (C=O) groups is 2. The molecule has 2 fully saturated rings. The summed E-state index contributed by atoms with van der Waals surface area (Å²) in [6.45, 7) is 11.6. The van der Waals surface area contributed by atoms with Gasteiger partial charge in [0.2, 0.25) is 0 Å². The van der Waals surface area contributed by atoms with Gasteiger partial charge in [-0.15, -0.1) is 0 Å². The van der Waals surface area contributed by atoms with E-state index in [0.29, 0.717) is 23.7 Å². The van der Waals surface area contributed by atoms with Crippen LogP contribution in [0, 0.1) is 29.6 Å². The van der Waals surface area contributed by atoms with Crippen molar-refractivity contribution in [3.8, 4) is 0 Å². The van der Waals surface area contributed by atoms with Crippen molar-refractivity contribution in [1.29, 1.82) is 0 Å². The van der Waals surface area contributed by atoms with Gasteiger partial charge in [-0.3, -0.25) is 0 Å². The molecule has 4 nitrogen and oxygen atoms in total. The van der Waals surface area contributed by atoms with E-state index in [4.69, 9.17) is 4.74 Å². The fourth-order valence-corrected chi connectivity index (χ4v) is 3.88. The van der Waals surface area contributed by atoms with E-state index in [2.05, 4.69) is 13.8 Å². The van der Waals surface area contributed by atoms with Gasteiger partial charge in [0, 0.05) is 19.0 Å². The molecule has 2 rings (SSSR count). The Hall–Kier alpha value is -1.06. The van der Waals surface area contributed by atoms with Gasteiger partial charge >= 0.3 is 6.09 Å². The predicted octanol–water partition coefficient (Wildman–Crippen LogP) is 3.35. The zero-order valence-electron chi connectivity index (χ0n) is 14.0. The van der Waals surface area contributed by atoms with Crippen LogP contribution < -0.4 is 0 Å². The molecule has 120 valence electrons. The third kappa shape index (κ3) is 3.78. The van der Waals surface area contributed by atoms with Crippen molar-refractivity contribution < 1.29 is 14.3 Å². The fraction of sp³-hybridized carbons (Fsp3) is 0.882. The van der Waals surface area contributed by atoms with Crippen molar-refractivity contribution in [2.24, 2.45) is 29.6 Å². The normalized spacial score (nSPS) is 30.4. The number of likely N-dealkylation sites (tertiary alicyclic amines) is 1. The molecular weight excluding hydrogens is 266 g/mol. The lowest BCUT2D eigenvalue weighted by atomic mass is 9.89. The number of ether oxygens (including phenoxy) is 1. The smallest absolute Gasteiger partial charge is 0.410 e. The molecule has 1 aliphatic heterocycles. The monoisotopic (exact) mass is 295 g/mol. The molecule has 4 heteroatoms. The van der Waals surface area contributed by atoms with Crippen molar-refractivity contribution >= 4 is 12.4 Å². The molecule has 0 aromatic carbocycles. The summed E-state index contributed by atoms with van der Waals surface area (Å²) in [5.74, 6) is 2.52. The first-order valence-electron chi connectivity index (χ1n) is 8.18. The van der Waals surface area contributed by atoms with Gasteiger partial charge in [-0.25, -0.2) is 4.79 Å². The van der Waals surface area contributed by atoms with E-state index in [-0.39, 0.29) is 12.0 Å². The number of piperidine rings is 1. The minimum absolute atomic E-state index is 0.205. The SMILES string of the molecule is CC(C)[C@@H]1[C@H](C=O)[C@@H]1C1CCN(C(=O)OC(C)(C)C)CC1. The molecule has 0 N–H and O–H groups in total. The molecule has 0 unspecified atom stereocenters. The maximum absolute atomic E-state index is 12.0. The summed E-state index contributed by atoms with van der Waals surface area (Å²) in [5.41, 5.74) is -0.435. The Morgan fingerprint density at radius 1 is 1.24 bits per heavy atom. The molecule has 21 heavy (non-hydrogen) atoms. The van der Waals surface area contributed by atoms with Crippen LogP contribution in [0.5, 0.6) is 0 Å². The molecular formula is C17H29NO3. The molecule has 1 saturated heterocycles. The molecule has 1 aliphatic carbocycles. The van der Waals surface area contributed by atoms with Gasteiger partial charge in [0.05, 0.1) is 0 Å². The Balaban J connectivity index is 1.84. The Morgan fingerprint density at radius 2 is 1.81 bits per heavy atom. The van der Waals surface area contributed by atoms with Gasteiger partial charge in [-0.2, -0.15) is 0 Å². The highest BCUT2D eigenvalue weighted by Crippen LogP contribution is 2.56. The van der Waals surface area contributed by atoms with Gasteiger partial charge in [-0.1, -0.05) is 13.8 Å². The topological polar surface area (TPSA) is 46.6 Å².